The molecule has 0 saturated carbocycles. The van der Waals surface area contributed by atoms with Crippen LogP contribution in [0, 0.1) is 5.41 Å². The number of ether oxygens (including phenoxy) is 1. The van der Waals surface area contributed by atoms with Gasteiger partial charge in [-0.2, -0.15) is 18.2 Å². The summed E-state index contributed by atoms with van der Waals surface area (Å²) in [6.45, 7) is 10.1. The number of rotatable bonds is 4. The fourth-order valence-electron chi connectivity index (χ4n) is 4.57. The van der Waals surface area contributed by atoms with E-state index in [1.807, 2.05) is 18.2 Å². The van der Waals surface area contributed by atoms with Crippen LogP contribution in [0.2, 0.25) is 0 Å². The molecule has 0 saturated heterocycles. The highest BCUT2D eigenvalue weighted by Gasteiger charge is 2.36. The summed E-state index contributed by atoms with van der Waals surface area (Å²) in [5.41, 5.74) is 1.62. The van der Waals surface area contributed by atoms with Gasteiger partial charge in [0.15, 0.2) is 0 Å². The van der Waals surface area contributed by atoms with Gasteiger partial charge < -0.3 is 24.1 Å². The maximum Gasteiger partial charge on any atom is 0.419 e. The Labute approximate surface area is 213 Å². The van der Waals surface area contributed by atoms with Crippen LogP contribution in [0.25, 0.3) is 22.8 Å². The number of halogens is 3. The minimum absolute atomic E-state index is 0.0508. The van der Waals surface area contributed by atoms with Gasteiger partial charge in [-0.25, -0.2) is 0 Å². The lowest BCUT2D eigenvalue weighted by molar-refractivity contribution is -0.265. The van der Waals surface area contributed by atoms with Crippen molar-refractivity contribution in [1.29, 1.82) is 0 Å². The van der Waals surface area contributed by atoms with Crippen LogP contribution >= 0.6 is 0 Å². The smallest absolute Gasteiger partial charge is 0.419 e. The van der Waals surface area contributed by atoms with E-state index in [0.29, 0.717) is 25.1 Å². The molecule has 1 amide bonds. The fourth-order valence-corrected chi connectivity index (χ4v) is 4.57. The third-order valence-corrected chi connectivity index (χ3v) is 6.45. The highest BCUT2D eigenvalue weighted by molar-refractivity contribution is 5.65. The van der Waals surface area contributed by atoms with Crippen LogP contribution in [0.4, 0.5) is 18.0 Å². The largest absolute Gasteiger partial charge is 0.530 e. The zero-order valence-corrected chi connectivity index (χ0v) is 21.3. The van der Waals surface area contributed by atoms with E-state index in [2.05, 4.69) is 30.9 Å². The van der Waals surface area contributed by atoms with E-state index >= 15 is 0 Å². The molecule has 3 aromatic rings. The lowest BCUT2D eigenvalue weighted by Gasteiger charge is -2.35. The molecule has 4 rings (SSSR count). The number of alkyl halides is 3. The SMILES string of the molecule is CC(C)Oc1ccc(-c2nc(-c3ccc4c(c3)CCN(C(=O)[O-])CC4C(C)(C)C)no2)cc1C(F)(F)F. The van der Waals surface area contributed by atoms with Crippen LogP contribution in [0.1, 0.15) is 57.2 Å². The number of carboxylic acid groups (broad SMARTS) is 1. The Morgan fingerprint density at radius 2 is 1.84 bits per heavy atom. The molecular formula is C27H29F3N3O4-. The minimum atomic E-state index is -4.62. The Bertz CT molecular complexity index is 1290. The molecule has 0 aliphatic carbocycles. The summed E-state index contributed by atoms with van der Waals surface area (Å²) in [6.07, 6.45) is -5.76. The Kier molecular flexibility index (Phi) is 6.96. The Balaban J connectivity index is 1.68. The molecule has 37 heavy (non-hydrogen) atoms. The van der Waals surface area contributed by atoms with Gasteiger partial charge in [-0.15, -0.1) is 0 Å². The zero-order valence-electron chi connectivity index (χ0n) is 21.3. The highest BCUT2D eigenvalue weighted by Crippen LogP contribution is 2.41. The van der Waals surface area contributed by atoms with Crippen molar-refractivity contribution in [3.63, 3.8) is 0 Å². The first kappa shape index (κ1) is 26.5. The average Bonchev–Trinajstić information content (AvgIpc) is 3.19. The van der Waals surface area contributed by atoms with Crippen LogP contribution in [0.3, 0.4) is 0 Å². The Morgan fingerprint density at radius 1 is 1.14 bits per heavy atom. The van der Waals surface area contributed by atoms with Gasteiger partial charge in [0.2, 0.25) is 5.82 Å². The summed E-state index contributed by atoms with van der Waals surface area (Å²) in [4.78, 5) is 17.3. The molecule has 0 fully saturated rings. The summed E-state index contributed by atoms with van der Waals surface area (Å²) < 4.78 is 51.6. The van der Waals surface area contributed by atoms with Crippen LogP contribution in [0.5, 0.6) is 5.75 Å². The summed E-state index contributed by atoms with van der Waals surface area (Å²) in [7, 11) is 0. The van der Waals surface area contributed by atoms with Crippen LogP contribution in [0.15, 0.2) is 40.9 Å². The molecular weight excluding hydrogens is 487 g/mol. The number of carbonyl (C=O) groups is 1. The van der Waals surface area contributed by atoms with Gasteiger partial charge in [0.25, 0.3) is 5.89 Å². The lowest BCUT2D eigenvalue weighted by atomic mass is 9.75. The quantitative estimate of drug-likeness (QED) is 0.452. The number of benzene rings is 2. The lowest BCUT2D eigenvalue weighted by Crippen LogP contribution is -2.44. The number of nitrogens with zero attached hydrogens (tertiary/aromatic N) is 3. The van der Waals surface area contributed by atoms with Gasteiger partial charge in [-0.1, -0.05) is 38.1 Å². The first-order valence-electron chi connectivity index (χ1n) is 12.0. The maximum absolute atomic E-state index is 13.7. The van der Waals surface area contributed by atoms with Crippen molar-refractivity contribution in [2.24, 2.45) is 5.41 Å². The van der Waals surface area contributed by atoms with E-state index in [9.17, 15) is 23.1 Å². The van der Waals surface area contributed by atoms with E-state index in [1.165, 1.54) is 17.0 Å². The van der Waals surface area contributed by atoms with Gasteiger partial charge in [0.05, 0.1) is 11.7 Å². The standard InChI is InChI=1S/C27H30F3N3O4/c1-15(2)36-22-9-7-18(13-20(22)27(28,29)30)24-31-23(32-37-24)17-6-8-19-16(12-17)10-11-33(25(34)35)14-21(19)26(3,4)5/h6-9,12-13,15,21H,10-11,14H2,1-5H3,(H,34,35)/p-1. The minimum Gasteiger partial charge on any atom is -0.530 e. The molecule has 0 N–H and O–H groups in total. The Hall–Kier alpha value is -3.56. The van der Waals surface area contributed by atoms with Crippen molar-refractivity contribution in [3.05, 3.63) is 53.1 Å². The van der Waals surface area contributed by atoms with Crippen molar-refractivity contribution in [2.45, 2.75) is 59.2 Å². The second kappa shape index (κ2) is 9.72. The molecule has 0 bridgehead atoms. The van der Waals surface area contributed by atoms with Crippen molar-refractivity contribution in [2.75, 3.05) is 13.1 Å². The number of hydrogen-bond donors (Lipinski definition) is 0. The number of carbonyl (C=O) groups excluding carboxylic acids is 1. The third kappa shape index (κ3) is 5.73. The van der Waals surface area contributed by atoms with E-state index in [4.69, 9.17) is 9.26 Å². The highest BCUT2D eigenvalue weighted by atomic mass is 19.4. The molecule has 1 atom stereocenters. The van der Waals surface area contributed by atoms with Crippen molar-refractivity contribution >= 4 is 6.09 Å². The van der Waals surface area contributed by atoms with Crippen molar-refractivity contribution in [3.8, 4) is 28.6 Å². The second-order valence-corrected chi connectivity index (χ2v) is 10.6. The number of hydrogen-bond acceptors (Lipinski definition) is 6. The van der Waals surface area contributed by atoms with E-state index < -0.39 is 23.9 Å². The predicted octanol–water partition coefficient (Wildman–Crippen LogP) is 5.54. The van der Waals surface area contributed by atoms with Gasteiger partial charge in [-0.05, 0) is 61.1 Å². The van der Waals surface area contributed by atoms with Gasteiger partial charge in [0.1, 0.15) is 11.8 Å². The summed E-state index contributed by atoms with van der Waals surface area (Å²) in [6, 6.07) is 9.29. The molecule has 1 aliphatic rings. The maximum atomic E-state index is 13.7. The normalized spacial score (nSPS) is 16.5. The Morgan fingerprint density at radius 3 is 2.46 bits per heavy atom. The molecule has 0 spiro atoms. The predicted molar refractivity (Wildman–Crippen MR) is 129 cm³/mol. The molecule has 7 nitrogen and oxygen atoms in total. The van der Waals surface area contributed by atoms with E-state index in [0.717, 1.165) is 17.2 Å². The fraction of sp³-hybridized carbons (Fsp3) is 0.444. The molecule has 198 valence electrons. The van der Waals surface area contributed by atoms with Crippen LogP contribution in [-0.4, -0.2) is 40.3 Å². The third-order valence-electron chi connectivity index (χ3n) is 6.45. The van der Waals surface area contributed by atoms with Crippen molar-refractivity contribution in [1.82, 2.24) is 15.0 Å². The average molecular weight is 517 g/mol. The monoisotopic (exact) mass is 516 g/mol. The van der Waals surface area contributed by atoms with Crippen LogP contribution in [-0.2, 0) is 12.6 Å². The molecule has 2 aromatic carbocycles. The number of aromatic nitrogens is 2. The molecule has 1 unspecified atom stereocenters. The van der Waals surface area contributed by atoms with Gasteiger partial charge in [0, 0.05) is 30.1 Å². The molecule has 10 heteroatoms. The zero-order chi connectivity index (χ0) is 27.1. The van der Waals surface area contributed by atoms with E-state index in [-0.39, 0.29) is 34.4 Å². The summed E-state index contributed by atoms with van der Waals surface area (Å²) in [5.74, 6) is -0.148. The number of amides is 1. The van der Waals surface area contributed by atoms with Gasteiger partial charge in [-0.3, -0.25) is 0 Å². The van der Waals surface area contributed by atoms with Crippen LogP contribution < -0.4 is 9.84 Å². The molecule has 1 aliphatic heterocycles. The van der Waals surface area contributed by atoms with Crippen molar-refractivity contribution < 1.29 is 32.3 Å². The summed E-state index contributed by atoms with van der Waals surface area (Å²) >= 11 is 0. The summed E-state index contributed by atoms with van der Waals surface area (Å²) in [5, 5.41) is 15.6. The van der Waals surface area contributed by atoms with E-state index in [1.54, 1.807) is 13.8 Å². The first-order valence-corrected chi connectivity index (χ1v) is 12.0. The number of fused-ring (bicyclic) bond motifs is 1. The second-order valence-electron chi connectivity index (χ2n) is 10.6. The molecule has 1 aromatic heterocycles. The van der Waals surface area contributed by atoms with Gasteiger partial charge >= 0.3 is 6.18 Å². The topological polar surface area (TPSA) is 91.5 Å². The first-order chi connectivity index (χ1) is 17.2. The molecule has 2 heterocycles. The molecule has 0 radical (unpaired) electrons.